The van der Waals surface area contributed by atoms with Gasteiger partial charge < -0.3 is 9.73 Å². The number of halogens is 1. The summed E-state index contributed by atoms with van der Waals surface area (Å²) in [5.74, 6) is 1.04. The van der Waals surface area contributed by atoms with E-state index in [1.54, 1.807) is 6.26 Å². The van der Waals surface area contributed by atoms with Crippen LogP contribution in [0.25, 0.3) is 0 Å². The quantitative estimate of drug-likeness (QED) is 0.674. The second-order valence-electron chi connectivity index (χ2n) is 3.63. The Bertz CT molecular complexity index is 408. The SMILES string of the molecule is Ic1ccc(CNCCc2ccco2)cc1. The molecule has 0 bridgehead atoms. The third-order valence-corrected chi connectivity index (χ3v) is 3.09. The first-order valence-electron chi connectivity index (χ1n) is 5.32. The lowest BCUT2D eigenvalue weighted by Gasteiger charge is -2.03. The van der Waals surface area contributed by atoms with Crippen LogP contribution in [0.3, 0.4) is 0 Å². The third-order valence-electron chi connectivity index (χ3n) is 2.37. The highest BCUT2D eigenvalue weighted by atomic mass is 127. The first kappa shape index (κ1) is 11.7. The molecule has 0 atom stereocenters. The molecular weight excluding hydrogens is 313 g/mol. The lowest BCUT2D eigenvalue weighted by Crippen LogP contribution is -2.16. The van der Waals surface area contributed by atoms with E-state index in [-0.39, 0.29) is 0 Å². The highest BCUT2D eigenvalue weighted by molar-refractivity contribution is 14.1. The van der Waals surface area contributed by atoms with Gasteiger partial charge in [0.25, 0.3) is 0 Å². The Labute approximate surface area is 109 Å². The van der Waals surface area contributed by atoms with Gasteiger partial charge in [-0.1, -0.05) is 12.1 Å². The molecule has 2 nitrogen and oxygen atoms in total. The maximum absolute atomic E-state index is 5.26. The maximum Gasteiger partial charge on any atom is 0.105 e. The molecule has 0 saturated carbocycles. The molecule has 0 aliphatic rings. The zero-order chi connectivity index (χ0) is 11.2. The fourth-order valence-corrected chi connectivity index (χ4v) is 1.86. The minimum absolute atomic E-state index is 0.914. The second kappa shape index (κ2) is 6.06. The van der Waals surface area contributed by atoms with E-state index in [1.165, 1.54) is 9.13 Å². The summed E-state index contributed by atoms with van der Waals surface area (Å²) in [5.41, 5.74) is 1.32. The number of benzene rings is 1. The van der Waals surface area contributed by atoms with E-state index in [1.807, 2.05) is 12.1 Å². The smallest absolute Gasteiger partial charge is 0.105 e. The van der Waals surface area contributed by atoms with Crippen LogP contribution >= 0.6 is 22.6 Å². The highest BCUT2D eigenvalue weighted by Gasteiger charge is 1.96. The van der Waals surface area contributed by atoms with Crippen molar-refractivity contribution in [3.05, 3.63) is 57.6 Å². The largest absolute Gasteiger partial charge is 0.469 e. The topological polar surface area (TPSA) is 25.2 Å². The van der Waals surface area contributed by atoms with Crippen molar-refractivity contribution in [1.82, 2.24) is 5.32 Å². The van der Waals surface area contributed by atoms with Crippen LogP contribution in [-0.4, -0.2) is 6.54 Å². The van der Waals surface area contributed by atoms with Crippen molar-refractivity contribution in [2.24, 2.45) is 0 Å². The lowest BCUT2D eigenvalue weighted by molar-refractivity contribution is 0.499. The molecule has 84 valence electrons. The summed E-state index contributed by atoms with van der Waals surface area (Å²) in [6.07, 6.45) is 2.66. The highest BCUT2D eigenvalue weighted by Crippen LogP contribution is 2.06. The van der Waals surface area contributed by atoms with Crippen molar-refractivity contribution in [1.29, 1.82) is 0 Å². The van der Waals surface area contributed by atoms with Gasteiger partial charge in [-0.2, -0.15) is 0 Å². The van der Waals surface area contributed by atoms with Crippen LogP contribution in [0.5, 0.6) is 0 Å². The standard InChI is InChI=1S/C13H14INO/c14-12-5-3-11(4-6-12)10-15-8-7-13-2-1-9-16-13/h1-6,9,15H,7-8,10H2. The first-order chi connectivity index (χ1) is 7.84. The zero-order valence-electron chi connectivity index (χ0n) is 8.95. The molecule has 0 amide bonds. The first-order valence-corrected chi connectivity index (χ1v) is 6.40. The number of hydrogen-bond acceptors (Lipinski definition) is 2. The molecule has 1 aromatic carbocycles. The molecule has 0 saturated heterocycles. The van der Waals surface area contributed by atoms with Gasteiger partial charge in [-0.3, -0.25) is 0 Å². The molecule has 1 heterocycles. The van der Waals surface area contributed by atoms with Gasteiger partial charge in [-0.05, 0) is 52.4 Å². The Balaban J connectivity index is 1.70. The summed E-state index contributed by atoms with van der Waals surface area (Å²) in [7, 11) is 0. The van der Waals surface area contributed by atoms with E-state index in [9.17, 15) is 0 Å². The summed E-state index contributed by atoms with van der Waals surface area (Å²) in [6.45, 7) is 1.86. The normalized spacial score (nSPS) is 10.6. The summed E-state index contributed by atoms with van der Waals surface area (Å²) in [5, 5.41) is 3.40. The van der Waals surface area contributed by atoms with Gasteiger partial charge in [0.15, 0.2) is 0 Å². The minimum Gasteiger partial charge on any atom is -0.469 e. The van der Waals surface area contributed by atoms with Crippen LogP contribution in [0.2, 0.25) is 0 Å². The van der Waals surface area contributed by atoms with Crippen molar-refractivity contribution in [2.45, 2.75) is 13.0 Å². The molecule has 1 aromatic heterocycles. The van der Waals surface area contributed by atoms with E-state index in [0.29, 0.717) is 0 Å². The molecule has 2 rings (SSSR count). The number of rotatable bonds is 5. The van der Waals surface area contributed by atoms with Gasteiger partial charge in [-0.25, -0.2) is 0 Å². The fraction of sp³-hybridized carbons (Fsp3) is 0.231. The Morgan fingerprint density at radius 2 is 1.94 bits per heavy atom. The summed E-state index contributed by atoms with van der Waals surface area (Å²) >= 11 is 2.32. The van der Waals surface area contributed by atoms with Crippen LogP contribution in [0.1, 0.15) is 11.3 Å². The van der Waals surface area contributed by atoms with Crippen LogP contribution < -0.4 is 5.32 Å². The van der Waals surface area contributed by atoms with E-state index in [0.717, 1.165) is 25.3 Å². The van der Waals surface area contributed by atoms with Crippen LogP contribution in [0.4, 0.5) is 0 Å². The molecule has 0 aliphatic carbocycles. The third kappa shape index (κ3) is 3.64. The molecule has 1 N–H and O–H groups in total. The molecule has 0 radical (unpaired) electrons. The maximum atomic E-state index is 5.26. The number of nitrogens with one attached hydrogen (secondary N) is 1. The van der Waals surface area contributed by atoms with Crippen molar-refractivity contribution < 1.29 is 4.42 Å². The van der Waals surface area contributed by atoms with Gasteiger partial charge in [0.1, 0.15) is 5.76 Å². The summed E-state index contributed by atoms with van der Waals surface area (Å²) < 4.78 is 6.54. The van der Waals surface area contributed by atoms with Gasteiger partial charge in [0.2, 0.25) is 0 Å². The molecule has 16 heavy (non-hydrogen) atoms. The van der Waals surface area contributed by atoms with Gasteiger partial charge in [-0.15, -0.1) is 0 Å². The van der Waals surface area contributed by atoms with E-state index in [2.05, 4.69) is 52.2 Å². The molecule has 0 aliphatic heterocycles. The van der Waals surface area contributed by atoms with Crippen molar-refractivity contribution >= 4 is 22.6 Å². The lowest BCUT2D eigenvalue weighted by atomic mass is 10.2. The molecule has 2 aromatic rings. The van der Waals surface area contributed by atoms with Gasteiger partial charge in [0, 0.05) is 23.1 Å². The average molecular weight is 327 g/mol. The van der Waals surface area contributed by atoms with Crippen molar-refractivity contribution in [2.75, 3.05) is 6.54 Å². The Morgan fingerprint density at radius 3 is 2.62 bits per heavy atom. The molecule has 0 fully saturated rings. The monoisotopic (exact) mass is 327 g/mol. The molecule has 0 spiro atoms. The van der Waals surface area contributed by atoms with E-state index in [4.69, 9.17) is 4.42 Å². The van der Waals surface area contributed by atoms with Crippen LogP contribution in [-0.2, 0) is 13.0 Å². The fourth-order valence-electron chi connectivity index (χ4n) is 1.50. The minimum atomic E-state index is 0.914. The Kier molecular flexibility index (Phi) is 4.42. The van der Waals surface area contributed by atoms with Gasteiger partial charge in [0.05, 0.1) is 6.26 Å². The number of furan rings is 1. The molecule has 3 heteroatoms. The second-order valence-corrected chi connectivity index (χ2v) is 4.88. The van der Waals surface area contributed by atoms with Gasteiger partial charge >= 0.3 is 0 Å². The molecular formula is C13H14INO. The average Bonchev–Trinajstić information content (AvgIpc) is 2.80. The predicted molar refractivity (Wildman–Crippen MR) is 73.3 cm³/mol. The summed E-state index contributed by atoms with van der Waals surface area (Å²) in [4.78, 5) is 0. The van der Waals surface area contributed by atoms with Crippen LogP contribution in [0, 0.1) is 3.57 Å². The Hall–Kier alpha value is -0.810. The van der Waals surface area contributed by atoms with E-state index >= 15 is 0 Å². The predicted octanol–water partition coefficient (Wildman–Crippen LogP) is 3.22. The summed E-state index contributed by atoms with van der Waals surface area (Å²) in [6, 6.07) is 12.5. The van der Waals surface area contributed by atoms with Crippen molar-refractivity contribution in [3.8, 4) is 0 Å². The van der Waals surface area contributed by atoms with Crippen molar-refractivity contribution in [3.63, 3.8) is 0 Å². The van der Waals surface area contributed by atoms with E-state index < -0.39 is 0 Å². The van der Waals surface area contributed by atoms with Crippen LogP contribution in [0.15, 0.2) is 47.1 Å². The zero-order valence-corrected chi connectivity index (χ0v) is 11.1. The molecule has 0 unspecified atom stereocenters. The number of hydrogen-bond donors (Lipinski definition) is 1. The Morgan fingerprint density at radius 1 is 1.12 bits per heavy atom.